The van der Waals surface area contributed by atoms with E-state index in [9.17, 15) is 13.2 Å². The summed E-state index contributed by atoms with van der Waals surface area (Å²) in [7, 11) is -2.43. The van der Waals surface area contributed by atoms with Crippen LogP contribution in [0.1, 0.15) is 16.1 Å². The topological polar surface area (TPSA) is 85.4 Å². The first kappa shape index (κ1) is 17.4. The van der Waals surface area contributed by atoms with Crippen LogP contribution in [0.5, 0.6) is 5.75 Å². The molecular weight excluding hydrogens is 431 g/mol. The van der Waals surface area contributed by atoms with E-state index in [1.165, 1.54) is 19.3 Å². The van der Waals surface area contributed by atoms with Crippen LogP contribution >= 0.6 is 22.6 Å². The summed E-state index contributed by atoms with van der Waals surface area (Å²) in [5.41, 5.74) is 0.703. The summed E-state index contributed by atoms with van der Waals surface area (Å²) < 4.78 is 31.3. The minimum Gasteiger partial charge on any atom is -0.494 e. The second-order valence-corrected chi connectivity index (χ2v) is 6.97. The highest BCUT2D eigenvalue weighted by Gasteiger charge is 2.16. The molecule has 120 valence electrons. The van der Waals surface area contributed by atoms with Gasteiger partial charge in [-0.25, -0.2) is 18.1 Å². The van der Waals surface area contributed by atoms with Gasteiger partial charge in [0.25, 0.3) is 15.9 Å². The van der Waals surface area contributed by atoms with Crippen LogP contribution in [-0.2, 0) is 10.0 Å². The number of rotatable bonds is 5. The highest BCUT2D eigenvalue weighted by atomic mass is 127. The summed E-state index contributed by atoms with van der Waals surface area (Å²) >= 11 is 1.90. The molecule has 1 N–H and O–H groups in total. The lowest BCUT2D eigenvalue weighted by atomic mass is 10.2. The quantitative estimate of drug-likeness (QED) is 0.566. The van der Waals surface area contributed by atoms with Crippen molar-refractivity contribution >= 4 is 44.6 Å². The van der Waals surface area contributed by atoms with Crippen LogP contribution in [0.3, 0.4) is 0 Å². The third-order valence-electron chi connectivity index (χ3n) is 2.74. The van der Waals surface area contributed by atoms with Crippen molar-refractivity contribution in [3.8, 4) is 5.75 Å². The van der Waals surface area contributed by atoms with Crippen molar-refractivity contribution < 1.29 is 17.9 Å². The van der Waals surface area contributed by atoms with Gasteiger partial charge < -0.3 is 4.74 Å². The number of pyridine rings is 1. The second kappa shape index (κ2) is 7.55. The van der Waals surface area contributed by atoms with Gasteiger partial charge in [0.2, 0.25) is 0 Å². The van der Waals surface area contributed by atoms with Gasteiger partial charge in [0.05, 0.1) is 12.5 Å². The number of ether oxygens (including phenoxy) is 1. The van der Waals surface area contributed by atoms with Gasteiger partial charge in [0.15, 0.2) is 5.75 Å². The minimum atomic E-state index is -3.91. The fourth-order valence-corrected chi connectivity index (χ4v) is 3.08. The average Bonchev–Trinajstić information content (AvgIpc) is 2.53. The van der Waals surface area contributed by atoms with E-state index in [4.69, 9.17) is 4.74 Å². The minimum absolute atomic E-state index is 0.00751. The van der Waals surface area contributed by atoms with E-state index in [1.54, 1.807) is 30.3 Å². The zero-order valence-electron chi connectivity index (χ0n) is 12.1. The normalized spacial score (nSPS) is 11.4. The molecule has 6 nitrogen and oxygen atoms in total. The molecular formula is C15H13IN2O4S. The van der Waals surface area contributed by atoms with Gasteiger partial charge in [0.1, 0.15) is 9.39 Å². The molecule has 0 aliphatic heterocycles. The van der Waals surface area contributed by atoms with Crippen molar-refractivity contribution in [1.82, 2.24) is 9.71 Å². The van der Waals surface area contributed by atoms with Gasteiger partial charge in [-0.15, -0.1) is 0 Å². The SMILES string of the molecule is COc1ccc(C(=O)NS(=O)(=O)C=Cc2ccccc2)nc1I. The molecule has 0 saturated carbocycles. The first-order valence-electron chi connectivity index (χ1n) is 6.42. The first-order chi connectivity index (χ1) is 10.9. The van der Waals surface area contributed by atoms with E-state index in [0.29, 0.717) is 15.0 Å². The largest absolute Gasteiger partial charge is 0.494 e. The molecule has 0 atom stereocenters. The number of amides is 1. The molecule has 0 saturated heterocycles. The number of aromatic nitrogens is 1. The molecule has 23 heavy (non-hydrogen) atoms. The smallest absolute Gasteiger partial charge is 0.283 e. The van der Waals surface area contributed by atoms with Crippen molar-refractivity contribution in [3.63, 3.8) is 0 Å². The number of carbonyl (C=O) groups excluding carboxylic acids is 1. The van der Waals surface area contributed by atoms with Crippen LogP contribution < -0.4 is 9.46 Å². The van der Waals surface area contributed by atoms with Crippen LogP contribution in [0.25, 0.3) is 6.08 Å². The molecule has 0 aliphatic carbocycles. The number of methoxy groups -OCH3 is 1. The fourth-order valence-electron chi connectivity index (χ4n) is 1.65. The van der Waals surface area contributed by atoms with E-state index in [0.717, 1.165) is 5.41 Å². The summed E-state index contributed by atoms with van der Waals surface area (Å²) in [6.07, 6.45) is 1.40. The van der Waals surface area contributed by atoms with E-state index in [-0.39, 0.29) is 5.69 Å². The standard InChI is InChI=1S/C15H13IN2O4S/c1-22-13-8-7-12(17-14(13)16)15(19)18-23(20,21)10-9-11-5-3-2-4-6-11/h2-10H,1H3,(H,18,19). The molecule has 0 spiro atoms. The molecule has 2 aromatic rings. The highest BCUT2D eigenvalue weighted by molar-refractivity contribution is 14.1. The zero-order valence-corrected chi connectivity index (χ0v) is 15.0. The van der Waals surface area contributed by atoms with E-state index in [1.807, 2.05) is 33.4 Å². The summed E-state index contributed by atoms with van der Waals surface area (Å²) in [5.74, 6) is -0.294. The number of hydrogen-bond donors (Lipinski definition) is 1. The molecule has 0 unspecified atom stereocenters. The number of benzene rings is 1. The molecule has 1 heterocycles. The van der Waals surface area contributed by atoms with Crippen molar-refractivity contribution in [2.24, 2.45) is 0 Å². The summed E-state index contributed by atoms with van der Waals surface area (Å²) in [6, 6.07) is 11.8. The Hall–Kier alpha value is -1.94. The molecule has 2 rings (SSSR count). The summed E-state index contributed by atoms with van der Waals surface area (Å²) in [4.78, 5) is 16.0. The molecule has 1 aromatic heterocycles. The van der Waals surface area contributed by atoms with Gasteiger partial charge in [-0.3, -0.25) is 4.79 Å². The molecule has 0 bridgehead atoms. The van der Waals surface area contributed by atoms with Gasteiger partial charge in [-0.1, -0.05) is 30.3 Å². The van der Waals surface area contributed by atoms with Gasteiger partial charge in [0, 0.05) is 0 Å². The molecule has 0 fully saturated rings. The number of hydrogen-bond acceptors (Lipinski definition) is 5. The molecule has 0 radical (unpaired) electrons. The maximum Gasteiger partial charge on any atom is 0.283 e. The maximum atomic E-state index is 12.0. The molecule has 1 amide bonds. The zero-order chi connectivity index (χ0) is 16.9. The van der Waals surface area contributed by atoms with E-state index in [2.05, 4.69) is 4.98 Å². The highest BCUT2D eigenvalue weighted by Crippen LogP contribution is 2.18. The number of halogens is 1. The van der Waals surface area contributed by atoms with Crippen molar-refractivity contribution in [2.45, 2.75) is 0 Å². The third-order valence-corrected chi connectivity index (χ3v) is 4.48. The molecule has 8 heteroatoms. The Kier molecular flexibility index (Phi) is 5.72. The second-order valence-electron chi connectivity index (χ2n) is 4.38. The Labute approximate surface area is 147 Å². The van der Waals surface area contributed by atoms with Crippen LogP contribution in [-0.4, -0.2) is 26.4 Å². The van der Waals surface area contributed by atoms with E-state index < -0.39 is 15.9 Å². The Bertz CT molecular complexity index is 836. The lowest BCUT2D eigenvalue weighted by Crippen LogP contribution is -2.29. The van der Waals surface area contributed by atoms with Crippen molar-refractivity contribution in [2.75, 3.05) is 7.11 Å². The van der Waals surface area contributed by atoms with Gasteiger partial charge in [-0.05, 0) is 46.4 Å². The lowest BCUT2D eigenvalue weighted by molar-refractivity contribution is 0.0976. The van der Waals surface area contributed by atoms with Crippen LogP contribution in [0, 0.1) is 3.70 Å². The number of sulfonamides is 1. The maximum absolute atomic E-state index is 12.0. The van der Waals surface area contributed by atoms with Crippen LogP contribution in [0.15, 0.2) is 47.9 Å². The van der Waals surface area contributed by atoms with E-state index >= 15 is 0 Å². The number of nitrogens with zero attached hydrogens (tertiary/aromatic N) is 1. The Morgan fingerprint density at radius 2 is 1.91 bits per heavy atom. The van der Waals surface area contributed by atoms with Crippen molar-refractivity contribution in [1.29, 1.82) is 0 Å². The number of nitrogens with one attached hydrogen (secondary N) is 1. The Morgan fingerprint density at radius 1 is 1.22 bits per heavy atom. The number of carbonyl (C=O) groups is 1. The third kappa shape index (κ3) is 5.03. The Balaban J connectivity index is 2.12. The van der Waals surface area contributed by atoms with Crippen LogP contribution in [0.4, 0.5) is 0 Å². The fraction of sp³-hybridized carbons (Fsp3) is 0.0667. The first-order valence-corrected chi connectivity index (χ1v) is 9.04. The van der Waals surface area contributed by atoms with Crippen molar-refractivity contribution in [3.05, 3.63) is 62.8 Å². The van der Waals surface area contributed by atoms with Gasteiger partial charge in [-0.2, -0.15) is 0 Å². The molecule has 0 aliphatic rings. The Morgan fingerprint density at radius 3 is 2.52 bits per heavy atom. The monoisotopic (exact) mass is 444 g/mol. The van der Waals surface area contributed by atoms with Gasteiger partial charge >= 0.3 is 0 Å². The predicted molar refractivity (Wildman–Crippen MR) is 95.4 cm³/mol. The predicted octanol–water partition coefficient (Wildman–Crippen LogP) is 2.43. The summed E-state index contributed by atoms with van der Waals surface area (Å²) in [5, 5.41) is 0.939. The van der Waals surface area contributed by atoms with Crippen LogP contribution in [0.2, 0.25) is 0 Å². The summed E-state index contributed by atoms with van der Waals surface area (Å²) in [6.45, 7) is 0. The lowest BCUT2D eigenvalue weighted by Gasteiger charge is -2.06. The molecule has 1 aromatic carbocycles. The average molecular weight is 444 g/mol.